The number of aromatic nitrogens is 2. The lowest BCUT2D eigenvalue weighted by atomic mass is 10.1. The Hall–Kier alpha value is -2.09. The van der Waals surface area contributed by atoms with Crippen molar-refractivity contribution < 1.29 is 4.74 Å². The molecule has 0 aliphatic carbocycles. The molecule has 9 heteroatoms. The lowest BCUT2D eigenvalue weighted by Crippen LogP contribution is -2.38. The quantitative estimate of drug-likeness (QED) is 0.562. The van der Waals surface area contributed by atoms with Crippen LogP contribution in [0.1, 0.15) is 25.5 Å². The zero-order chi connectivity index (χ0) is 21.0. The summed E-state index contributed by atoms with van der Waals surface area (Å²) in [6.07, 6.45) is 2.14. The van der Waals surface area contributed by atoms with Gasteiger partial charge in [-0.2, -0.15) is 4.98 Å². The Morgan fingerprint density at radius 1 is 1.24 bits per heavy atom. The fraction of sp³-hybridized carbons (Fsp3) is 0.450. The molecule has 0 saturated carbocycles. The maximum absolute atomic E-state index is 6.16. The van der Waals surface area contributed by atoms with Crippen LogP contribution in [0.15, 0.2) is 29.3 Å². The van der Waals surface area contributed by atoms with E-state index in [0.717, 1.165) is 38.2 Å². The van der Waals surface area contributed by atoms with Crippen molar-refractivity contribution in [3.05, 3.63) is 40.0 Å². The van der Waals surface area contributed by atoms with Gasteiger partial charge in [0.2, 0.25) is 17.8 Å². The molecule has 0 atom stereocenters. The van der Waals surface area contributed by atoms with Gasteiger partial charge < -0.3 is 15.4 Å². The van der Waals surface area contributed by atoms with E-state index in [2.05, 4.69) is 26.8 Å². The Labute approximate surface area is 181 Å². The largest absolute Gasteiger partial charge is 0.474 e. The molecule has 0 bridgehead atoms. The van der Waals surface area contributed by atoms with E-state index in [9.17, 15) is 0 Å². The molecule has 3 rings (SSSR count). The zero-order valence-corrected chi connectivity index (χ0v) is 18.4. The predicted octanol–water partition coefficient (Wildman–Crippen LogP) is 4.04. The molecule has 1 fully saturated rings. The molecule has 0 radical (unpaired) electrons. The number of hydrogen-bond acceptors (Lipinski definition) is 5. The maximum Gasteiger partial charge on any atom is 0.235 e. The summed E-state index contributed by atoms with van der Waals surface area (Å²) in [5.74, 6) is 1.21. The summed E-state index contributed by atoms with van der Waals surface area (Å²) in [6, 6.07) is 6.91. The summed E-state index contributed by atoms with van der Waals surface area (Å²) >= 11 is 12.0. The van der Waals surface area contributed by atoms with Crippen molar-refractivity contribution in [2.75, 3.05) is 31.6 Å². The highest BCUT2D eigenvalue weighted by molar-refractivity contribution is 6.42. The molecule has 156 valence electrons. The Kier molecular flexibility index (Phi) is 7.16. The standard InChI is InChI=1S/C20H26Cl2N6O/c1-4-28-9-7-15(8-10-28)29-18-11-13(2)24-20(26-18)27(3)19(23)25-14-5-6-16(21)17(22)12-14/h5-6,11-12,15H,4,7-10H2,1-3H3,(H2,23,25). The van der Waals surface area contributed by atoms with Crippen LogP contribution in [0.4, 0.5) is 11.6 Å². The number of aryl methyl sites for hydroxylation is 1. The summed E-state index contributed by atoms with van der Waals surface area (Å²) in [5.41, 5.74) is 7.55. The van der Waals surface area contributed by atoms with Crippen molar-refractivity contribution in [1.82, 2.24) is 14.9 Å². The molecule has 29 heavy (non-hydrogen) atoms. The summed E-state index contributed by atoms with van der Waals surface area (Å²) in [7, 11) is 1.76. The Bertz CT molecular complexity index is 883. The second-order valence-corrected chi connectivity index (χ2v) is 7.84. The molecule has 1 saturated heterocycles. The zero-order valence-electron chi connectivity index (χ0n) is 16.9. The van der Waals surface area contributed by atoms with Gasteiger partial charge in [-0.05, 0) is 44.5 Å². The molecule has 1 aromatic carbocycles. The molecule has 0 unspecified atom stereocenters. The maximum atomic E-state index is 6.16. The Morgan fingerprint density at radius 2 is 1.97 bits per heavy atom. The van der Waals surface area contributed by atoms with Crippen molar-refractivity contribution in [1.29, 1.82) is 0 Å². The van der Waals surface area contributed by atoms with Gasteiger partial charge in [0.25, 0.3) is 0 Å². The molecular weight excluding hydrogens is 411 g/mol. The van der Waals surface area contributed by atoms with E-state index in [4.69, 9.17) is 33.7 Å². The van der Waals surface area contributed by atoms with Crippen LogP contribution in [-0.2, 0) is 0 Å². The molecular formula is C20H26Cl2N6O. The van der Waals surface area contributed by atoms with Gasteiger partial charge in [-0.3, -0.25) is 4.90 Å². The first-order valence-corrected chi connectivity index (χ1v) is 10.4. The smallest absolute Gasteiger partial charge is 0.235 e. The van der Waals surface area contributed by atoms with Crippen molar-refractivity contribution in [3.8, 4) is 5.88 Å². The van der Waals surface area contributed by atoms with E-state index in [1.807, 2.05) is 13.0 Å². The second-order valence-electron chi connectivity index (χ2n) is 7.03. The van der Waals surface area contributed by atoms with Crippen molar-refractivity contribution in [2.45, 2.75) is 32.8 Å². The number of nitrogens with zero attached hydrogens (tertiary/aromatic N) is 5. The van der Waals surface area contributed by atoms with Crippen molar-refractivity contribution >= 4 is 40.8 Å². The highest BCUT2D eigenvalue weighted by atomic mass is 35.5. The number of hydrogen-bond donors (Lipinski definition) is 1. The number of ether oxygens (including phenoxy) is 1. The summed E-state index contributed by atoms with van der Waals surface area (Å²) < 4.78 is 6.13. The topological polar surface area (TPSA) is 79.9 Å². The molecule has 0 amide bonds. The number of rotatable bonds is 5. The molecule has 1 aliphatic heterocycles. The number of piperidine rings is 1. The fourth-order valence-electron chi connectivity index (χ4n) is 3.11. The number of nitrogens with two attached hydrogens (primary N) is 1. The molecule has 0 spiro atoms. The normalized spacial score (nSPS) is 16.1. The van der Waals surface area contributed by atoms with E-state index >= 15 is 0 Å². The molecule has 1 aromatic heterocycles. The Balaban J connectivity index is 1.74. The van der Waals surface area contributed by atoms with Crippen LogP contribution >= 0.6 is 23.2 Å². The van der Waals surface area contributed by atoms with Gasteiger partial charge in [0.05, 0.1) is 15.7 Å². The van der Waals surface area contributed by atoms with Crippen LogP contribution in [0.3, 0.4) is 0 Å². The summed E-state index contributed by atoms with van der Waals surface area (Å²) in [4.78, 5) is 17.4. The second kappa shape index (κ2) is 9.61. The van der Waals surface area contributed by atoms with Gasteiger partial charge in [-0.25, -0.2) is 9.98 Å². The van der Waals surface area contributed by atoms with Crippen molar-refractivity contribution in [3.63, 3.8) is 0 Å². The third kappa shape index (κ3) is 5.72. The number of halogens is 2. The van der Waals surface area contributed by atoms with E-state index in [0.29, 0.717) is 27.6 Å². The van der Waals surface area contributed by atoms with Gasteiger partial charge in [-0.1, -0.05) is 30.1 Å². The number of anilines is 1. The SMILES string of the molecule is CCN1CCC(Oc2cc(C)nc(N(C)C(N)=Nc3ccc(Cl)c(Cl)c3)n2)CC1. The van der Waals surface area contributed by atoms with Gasteiger partial charge >= 0.3 is 0 Å². The molecule has 7 nitrogen and oxygen atoms in total. The lowest BCUT2D eigenvalue weighted by molar-refractivity contribution is 0.0997. The van der Waals surface area contributed by atoms with Crippen LogP contribution in [0.2, 0.25) is 10.0 Å². The minimum absolute atomic E-state index is 0.160. The van der Waals surface area contributed by atoms with Gasteiger partial charge in [0.15, 0.2) is 0 Å². The minimum Gasteiger partial charge on any atom is -0.474 e. The minimum atomic E-state index is 0.160. The molecule has 2 heterocycles. The van der Waals surface area contributed by atoms with Gasteiger partial charge in [0.1, 0.15) is 6.10 Å². The van der Waals surface area contributed by atoms with Crippen LogP contribution in [0, 0.1) is 6.92 Å². The van der Waals surface area contributed by atoms with Crippen LogP contribution in [0.5, 0.6) is 5.88 Å². The number of likely N-dealkylation sites (tertiary alicyclic amines) is 1. The van der Waals surface area contributed by atoms with Crippen LogP contribution < -0.4 is 15.4 Å². The fourth-order valence-corrected chi connectivity index (χ4v) is 3.41. The van der Waals surface area contributed by atoms with E-state index in [1.165, 1.54) is 0 Å². The van der Waals surface area contributed by atoms with Crippen molar-refractivity contribution in [2.24, 2.45) is 10.7 Å². The monoisotopic (exact) mass is 436 g/mol. The lowest BCUT2D eigenvalue weighted by Gasteiger charge is -2.31. The Morgan fingerprint density at radius 3 is 2.62 bits per heavy atom. The van der Waals surface area contributed by atoms with Gasteiger partial charge in [-0.15, -0.1) is 0 Å². The van der Waals surface area contributed by atoms with Crippen LogP contribution in [-0.4, -0.2) is 53.6 Å². The van der Waals surface area contributed by atoms with E-state index in [1.54, 1.807) is 30.1 Å². The van der Waals surface area contributed by atoms with E-state index in [-0.39, 0.29) is 12.1 Å². The first-order valence-electron chi connectivity index (χ1n) is 9.63. The average molecular weight is 437 g/mol. The number of aliphatic imine (C=N–C) groups is 1. The summed E-state index contributed by atoms with van der Waals surface area (Å²) in [6.45, 7) is 7.24. The first kappa shape index (κ1) is 21.6. The highest BCUT2D eigenvalue weighted by Gasteiger charge is 2.21. The number of guanidine groups is 1. The van der Waals surface area contributed by atoms with Gasteiger partial charge in [0, 0.05) is 31.9 Å². The van der Waals surface area contributed by atoms with E-state index < -0.39 is 0 Å². The van der Waals surface area contributed by atoms with Crippen LogP contribution in [0.25, 0.3) is 0 Å². The highest BCUT2D eigenvalue weighted by Crippen LogP contribution is 2.27. The third-order valence-corrected chi connectivity index (χ3v) is 5.62. The third-order valence-electron chi connectivity index (χ3n) is 4.88. The molecule has 1 aliphatic rings. The molecule has 2 aromatic rings. The summed E-state index contributed by atoms with van der Waals surface area (Å²) in [5, 5.41) is 0.881. The number of benzene rings is 1. The molecule has 2 N–H and O–H groups in total. The average Bonchev–Trinajstić information content (AvgIpc) is 2.70. The first-order chi connectivity index (χ1) is 13.9. The predicted molar refractivity (Wildman–Crippen MR) is 119 cm³/mol.